The number of nitrogens with two attached hydrogens (primary N) is 2. The van der Waals surface area contributed by atoms with Gasteiger partial charge in [0.05, 0.1) is 18.8 Å². The number of hydrogen-bond donors (Lipinski definition) is 6. The van der Waals surface area contributed by atoms with Gasteiger partial charge in [0.25, 0.3) is 0 Å². The predicted octanol–water partition coefficient (Wildman–Crippen LogP) is -1.74. The molecule has 8 N–H and O–H groups in total. The van der Waals surface area contributed by atoms with Gasteiger partial charge in [-0.05, 0) is 12.3 Å². The first-order valence-electron chi connectivity index (χ1n) is 8.44. The second kappa shape index (κ2) is 10.3. The van der Waals surface area contributed by atoms with Gasteiger partial charge >= 0.3 is 5.97 Å². The van der Waals surface area contributed by atoms with E-state index in [0.717, 1.165) is 0 Å². The first kappa shape index (κ1) is 22.1. The van der Waals surface area contributed by atoms with Crippen LogP contribution < -0.4 is 22.1 Å². The van der Waals surface area contributed by atoms with Crippen LogP contribution in [0.3, 0.4) is 0 Å². The number of rotatable bonds is 11. The van der Waals surface area contributed by atoms with Gasteiger partial charge in [-0.25, -0.2) is 9.78 Å². The molecule has 0 spiro atoms. The number of imidazole rings is 1. The zero-order valence-electron chi connectivity index (χ0n) is 15.3. The van der Waals surface area contributed by atoms with Crippen LogP contribution in [0.4, 0.5) is 0 Å². The number of hydrogen-bond acceptors (Lipinski definition) is 6. The lowest BCUT2D eigenvalue weighted by Gasteiger charge is -2.23. The number of primary amides is 1. The smallest absolute Gasteiger partial charge is 0.326 e. The molecule has 1 rings (SSSR count). The summed E-state index contributed by atoms with van der Waals surface area (Å²) in [7, 11) is 0. The normalized spacial score (nSPS) is 14.2. The number of carboxylic acid groups (broad SMARTS) is 1. The molecule has 0 aromatic carbocycles. The van der Waals surface area contributed by atoms with Crippen molar-refractivity contribution in [2.24, 2.45) is 17.4 Å². The van der Waals surface area contributed by atoms with Crippen molar-refractivity contribution in [3.05, 3.63) is 18.2 Å². The molecule has 1 aromatic rings. The molecule has 11 nitrogen and oxygen atoms in total. The SMILES string of the molecule is CC(C)C[C@H](NC(=O)[C@@H](N)CC(N)=O)C(=O)N[C@@H](Cc1cnc[nH]1)C(=O)O. The number of nitrogens with one attached hydrogen (secondary N) is 3. The van der Waals surface area contributed by atoms with E-state index in [9.17, 15) is 24.3 Å². The van der Waals surface area contributed by atoms with Gasteiger partial charge in [-0.3, -0.25) is 14.4 Å². The van der Waals surface area contributed by atoms with E-state index in [1.54, 1.807) is 0 Å². The zero-order chi connectivity index (χ0) is 20.6. The van der Waals surface area contributed by atoms with Gasteiger partial charge in [0.15, 0.2) is 0 Å². The summed E-state index contributed by atoms with van der Waals surface area (Å²) in [5.41, 5.74) is 11.1. The number of carbonyl (C=O) groups is 4. The highest BCUT2D eigenvalue weighted by Gasteiger charge is 2.29. The average Bonchev–Trinajstić information content (AvgIpc) is 3.05. The van der Waals surface area contributed by atoms with Crippen molar-refractivity contribution in [2.75, 3.05) is 0 Å². The van der Waals surface area contributed by atoms with E-state index in [-0.39, 0.29) is 25.2 Å². The molecule has 0 unspecified atom stereocenters. The van der Waals surface area contributed by atoms with E-state index in [2.05, 4.69) is 20.6 Å². The van der Waals surface area contributed by atoms with Crippen molar-refractivity contribution in [1.29, 1.82) is 0 Å². The number of nitrogens with zero attached hydrogens (tertiary/aromatic N) is 1. The standard InChI is InChI=1S/C16H26N6O5/c1-8(2)3-11(21-14(24)10(17)5-13(18)23)15(25)22-12(16(26)27)4-9-6-19-7-20-9/h6-8,10-12H,3-5,17H2,1-2H3,(H2,18,23)(H,19,20)(H,21,24)(H,22,25)(H,26,27)/t10-,11-,12-/m0/s1. The van der Waals surface area contributed by atoms with Crippen LogP contribution in [0.1, 0.15) is 32.4 Å². The lowest BCUT2D eigenvalue weighted by molar-refractivity contribution is -0.142. The largest absolute Gasteiger partial charge is 0.480 e. The Morgan fingerprint density at radius 1 is 1.19 bits per heavy atom. The van der Waals surface area contributed by atoms with Gasteiger partial charge in [-0.15, -0.1) is 0 Å². The molecule has 0 aliphatic rings. The van der Waals surface area contributed by atoms with Crippen molar-refractivity contribution in [1.82, 2.24) is 20.6 Å². The summed E-state index contributed by atoms with van der Waals surface area (Å²) in [6, 6.07) is -3.39. The summed E-state index contributed by atoms with van der Waals surface area (Å²) < 4.78 is 0. The van der Waals surface area contributed by atoms with Crippen LogP contribution in [0, 0.1) is 5.92 Å². The number of amides is 3. The highest BCUT2D eigenvalue weighted by atomic mass is 16.4. The minimum absolute atomic E-state index is 0.00457. The summed E-state index contributed by atoms with van der Waals surface area (Å²) in [6.07, 6.45) is 2.76. The third-order valence-corrected chi connectivity index (χ3v) is 3.69. The maximum Gasteiger partial charge on any atom is 0.326 e. The Morgan fingerprint density at radius 2 is 1.81 bits per heavy atom. The van der Waals surface area contributed by atoms with Gasteiger partial charge < -0.3 is 32.2 Å². The molecule has 0 radical (unpaired) electrons. The summed E-state index contributed by atoms with van der Waals surface area (Å²) in [5.74, 6) is -3.31. The maximum absolute atomic E-state index is 12.6. The quantitative estimate of drug-likeness (QED) is 0.261. The van der Waals surface area contributed by atoms with E-state index in [4.69, 9.17) is 11.5 Å². The minimum Gasteiger partial charge on any atom is -0.480 e. The van der Waals surface area contributed by atoms with Gasteiger partial charge in [0, 0.05) is 18.3 Å². The molecule has 3 atom stereocenters. The van der Waals surface area contributed by atoms with Crippen LogP contribution in [-0.2, 0) is 25.6 Å². The van der Waals surface area contributed by atoms with Gasteiger partial charge in [-0.2, -0.15) is 0 Å². The van der Waals surface area contributed by atoms with Crippen LogP contribution in [0.25, 0.3) is 0 Å². The number of aromatic nitrogens is 2. The van der Waals surface area contributed by atoms with Crippen molar-refractivity contribution in [3.8, 4) is 0 Å². The highest BCUT2D eigenvalue weighted by molar-refractivity contribution is 5.93. The number of carbonyl (C=O) groups excluding carboxylic acids is 3. The molecule has 0 saturated heterocycles. The summed E-state index contributed by atoms with van der Waals surface area (Å²) in [4.78, 5) is 53.6. The monoisotopic (exact) mass is 382 g/mol. The van der Waals surface area contributed by atoms with E-state index < -0.39 is 41.8 Å². The van der Waals surface area contributed by atoms with Crippen LogP contribution in [0.2, 0.25) is 0 Å². The fraction of sp³-hybridized carbons (Fsp3) is 0.562. The second-order valence-corrected chi connectivity index (χ2v) is 6.65. The Bertz CT molecular complexity index is 660. The zero-order valence-corrected chi connectivity index (χ0v) is 15.3. The lowest BCUT2D eigenvalue weighted by Crippen LogP contribution is -2.55. The van der Waals surface area contributed by atoms with Crippen LogP contribution >= 0.6 is 0 Å². The molecule has 0 aliphatic heterocycles. The fourth-order valence-corrected chi connectivity index (χ4v) is 2.38. The molecular weight excluding hydrogens is 356 g/mol. The second-order valence-electron chi connectivity index (χ2n) is 6.65. The average molecular weight is 382 g/mol. The highest BCUT2D eigenvalue weighted by Crippen LogP contribution is 2.07. The number of H-pyrrole nitrogens is 1. The van der Waals surface area contributed by atoms with Gasteiger partial charge in [0.1, 0.15) is 12.1 Å². The fourth-order valence-electron chi connectivity index (χ4n) is 2.38. The molecule has 0 aliphatic carbocycles. The Kier molecular flexibility index (Phi) is 8.39. The van der Waals surface area contributed by atoms with Crippen molar-refractivity contribution in [3.63, 3.8) is 0 Å². The third-order valence-electron chi connectivity index (χ3n) is 3.69. The van der Waals surface area contributed by atoms with Crippen molar-refractivity contribution >= 4 is 23.7 Å². The van der Waals surface area contributed by atoms with E-state index >= 15 is 0 Å². The molecule has 1 aromatic heterocycles. The lowest BCUT2D eigenvalue weighted by atomic mass is 10.0. The molecule has 150 valence electrons. The molecule has 0 fully saturated rings. The van der Waals surface area contributed by atoms with Crippen molar-refractivity contribution < 1.29 is 24.3 Å². The Labute approximate surface area is 156 Å². The van der Waals surface area contributed by atoms with Gasteiger partial charge in [0.2, 0.25) is 17.7 Å². The third kappa shape index (κ3) is 7.86. The Morgan fingerprint density at radius 3 is 2.30 bits per heavy atom. The Hall–Kier alpha value is -2.95. The topological polar surface area (TPSA) is 193 Å². The summed E-state index contributed by atoms with van der Waals surface area (Å²) in [6.45, 7) is 3.68. The minimum atomic E-state index is -1.22. The predicted molar refractivity (Wildman–Crippen MR) is 95.0 cm³/mol. The van der Waals surface area contributed by atoms with Crippen LogP contribution in [0.15, 0.2) is 12.5 Å². The molecule has 27 heavy (non-hydrogen) atoms. The van der Waals surface area contributed by atoms with Crippen molar-refractivity contribution in [2.45, 2.75) is 51.2 Å². The van der Waals surface area contributed by atoms with E-state index in [0.29, 0.717) is 5.69 Å². The summed E-state index contributed by atoms with van der Waals surface area (Å²) >= 11 is 0. The molecule has 11 heteroatoms. The van der Waals surface area contributed by atoms with E-state index in [1.165, 1.54) is 12.5 Å². The van der Waals surface area contributed by atoms with Gasteiger partial charge in [-0.1, -0.05) is 13.8 Å². The molecule has 0 saturated carbocycles. The molecule has 0 bridgehead atoms. The van der Waals surface area contributed by atoms with E-state index in [1.807, 2.05) is 13.8 Å². The maximum atomic E-state index is 12.6. The number of aromatic amines is 1. The molecule has 1 heterocycles. The molecule has 3 amide bonds. The number of aliphatic carboxylic acids is 1. The van der Waals surface area contributed by atoms with Crippen LogP contribution in [0.5, 0.6) is 0 Å². The van der Waals surface area contributed by atoms with Crippen LogP contribution in [-0.4, -0.2) is 56.9 Å². The molecular formula is C16H26N6O5. The Balaban J connectivity index is 2.81. The first-order valence-corrected chi connectivity index (χ1v) is 8.44. The number of carboxylic acids is 1. The first-order chi connectivity index (χ1) is 12.6. The summed E-state index contributed by atoms with van der Waals surface area (Å²) in [5, 5.41) is 14.2.